The molecule has 0 N–H and O–H groups in total. The van der Waals surface area contributed by atoms with Gasteiger partial charge in [0.2, 0.25) is 11.7 Å². The summed E-state index contributed by atoms with van der Waals surface area (Å²) in [5, 5.41) is 0. The summed E-state index contributed by atoms with van der Waals surface area (Å²) >= 11 is 0. The molecule has 7 nitrogen and oxygen atoms in total. The number of methoxy groups -OCH3 is 1. The van der Waals surface area contributed by atoms with Gasteiger partial charge >= 0.3 is 0 Å². The summed E-state index contributed by atoms with van der Waals surface area (Å²) in [6.45, 7) is 0. The molecule has 3 aromatic heterocycles. The first-order valence-electron chi connectivity index (χ1n) is 10.3. The van der Waals surface area contributed by atoms with Crippen molar-refractivity contribution in [3.05, 3.63) is 96.7 Å². The lowest BCUT2D eigenvalue weighted by molar-refractivity contribution is 0.102. The highest BCUT2D eigenvalue weighted by molar-refractivity contribution is 6.08. The summed E-state index contributed by atoms with van der Waals surface area (Å²) in [6.07, 6.45) is 5.00. The van der Waals surface area contributed by atoms with Crippen molar-refractivity contribution in [2.24, 2.45) is 7.05 Å². The first kappa shape index (κ1) is 20.4. The first-order chi connectivity index (χ1) is 16.2. The van der Waals surface area contributed by atoms with Crippen molar-refractivity contribution in [3.8, 4) is 28.5 Å². The third-order valence-electron chi connectivity index (χ3n) is 5.39. The second-order valence-corrected chi connectivity index (χ2v) is 7.37. The number of benzene rings is 2. The Kier molecular flexibility index (Phi) is 5.28. The molecule has 7 heteroatoms. The molecular formula is C26H20N4O3. The maximum absolute atomic E-state index is 13.1. The molecule has 0 aliphatic heterocycles. The maximum atomic E-state index is 13.1. The van der Waals surface area contributed by atoms with E-state index < -0.39 is 0 Å². The number of carbonyl (C=O) groups is 1. The van der Waals surface area contributed by atoms with E-state index in [0.717, 1.165) is 22.2 Å². The van der Waals surface area contributed by atoms with Crippen LogP contribution in [-0.4, -0.2) is 32.4 Å². The fourth-order valence-electron chi connectivity index (χ4n) is 3.71. The summed E-state index contributed by atoms with van der Waals surface area (Å²) in [5.41, 5.74) is 3.83. The standard InChI is InChI=1S/C26H20N4O3/c1-30-22-8-4-3-7-21(22)29-25(30)24(31)17-9-11-18(12-10-17)33-26-20(6-5-14-28-26)19-13-15-27-16-23(19)32-2/h3-16H,1-2H3. The van der Waals surface area contributed by atoms with E-state index >= 15 is 0 Å². The van der Waals surface area contributed by atoms with Crippen LogP contribution in [0.2, 0.25) is 0 Å². The number of ketones is 1. The number of imidazole rings is 1. The van der Waals surface area contributed by atoms with E-state index in [1.807, 2.05) is 54.1 Å². The number of aryl methyl sites for hydroxylation is 1. The van der Waals surface area contributed by atoms with Crippen molar-refractivity contribution in [1.82, 2.24) is 19.5 Å². The number of carbonyl (C=O) groups excluding carboxylic acids is 1. The molecule has 0 bridgehead atoms. The van der Waals surface area contributed by atoms with Crippen molar-refractivity contribution in [3.63, 3.8) is 0 Å². The summed E-state index contributed by atoms with van der Waals surface area (Å²) in [7, 11) is 3.44. The van der Waals surface area contributed by atoms with Gasteiger partial charge in [0.15, 0.2) is 5.82 Å². The van der Waals surface area contributed by atoms with Crippen LogP contribution < -0.4 is 9.47 Å². The Hall–Kier alpha value is -4.52. The molecule has 0 aliphatic carbocycles. The van der Waals surface area contributed by atoms with Crippen molar-refractivity contribution in [1.29, 1.82) is 0 Å². The van der Waals surface area contributed by atoms with Crippen LogP contribution in [-0.2, 0) is 7.05 Å². The molecule has 0 aliphatic rings. The third-order valence-corrected chi connectivity index (χ3v) is 5.39. The number of fused-ring (bicyclic) bond motifs is 1. The van der Waals surface area contributed by atoms with E-state index in [2.05, 4.69) is 15.0 Å². The zero-order chi connectivity index (χ0) is 22.8. The Labute approximate surface area is 190 Å². The van der Waals surface area contributed by atoms with Gasteiger partial charge in [0.1, 0.15) is 11.5 Å². The molecule has 0 saturated carbocycles. The van der Waals surface area contributed by atoms with E-state index in [1.165, 1.54) is 0 Å². The first-order valence-corrected chi connectivity index (χ1v) is 10.3. The van der Waals surface area contributed by atoms with Gasteiger partial charge in [-0.05, 0) is 54.6 Å². The lowest BCUT2D eigenvalue weighted by Crippen LogP contribution is -2.08. The molecule has 5 aromatic rings. The van der Waals surface area contributed by atoms with Crippen LogP contribution in [0, 0.1) is 0 Å². The Balaban J connectivity index is 1.42. The highest BCUT2D eigenvalue weighted by atomic mass is 16.5. The topological polar surface area (TPSA) is 79.1 Å². The number of pyridine rings is 2. The third kappa shape index (κ3) is 3.80. The number of hydrogen-bond acceptors (Lipinski definition) is 6. The molecule has 2 aromatic carbocycles. The molecule has 0 amide bonds. The van der Waals surface area contributed by atoms with E-state index in [0.29, 0.717) is 28.8 Å². The summed E-state index contributed by atoms with van der Waals surface area (Å²) < 4.78 is 13.3. The Morgan fingerprint density at radius 1 is 0.909 bits per heavy atom. The van der Waals surface area contributed by atoms with Crippen LogP contribution in [0.15, 0.2) is 85.3 Å². The van der Waals surface area contributed by atoms with E-state index in [9.17, 15) is 4.79 Å². The van der Waals surface area contributed by atoms with Crippen LogP contribution in [0.5, 0.6) is 17.4 Å². The number of aromatic nitrogens is 4. The van der Waals surface area contributed by atoms with Crippen molar-refractivity contribution < 1.29 is 14.3 Å². The number of rotatable bonds is 6. The summed E-state index contributed by atoms with van der Waals surface area (Å²) in [5.74, 6) is 1.85. The number of nitrogens with zero attached hydrogens (tertiary/aromatic N) is 4. The Morgan fingerprint density at radius 2 is 1.73 bits per heavy atom. The lowest BCUT2D eigenvalue weighted by atomic mass is 10.1. The minimum Gasteiger partial charge on any atom is -0.494 e. The molecule has 0 fully saturated rings. The largest absolute Gasteiger partial charge is 0.494 e. The quantitative estimate of drug-likeness (QED) is 0.346. The average Bonchev–Trinajstić information content (AvgIpc) is 3.21. The molecular weight excluding hydrogens is 416 g/mol. The van der Waals surface area contributed by atoms with Gasteiger partial charge in [0.05, 0.1) is 24.3 Å². The maximum Gasteiger partial charge on any atom is 0.228 e. The van der Waals surface area contributed by atoms with Gasteiger partial charge in [-0.3, -0.25) is 9.78 Å². The van der Waals surface area contributed by atoms with Gasteiger partial charge in [-0.15, -0.1) is 0 Å². The molecule has 0 unspecified atom stereocenters. The normalized spacial score (nSPS) is 10.8. The smallest absolute Gasteiger partial charge is 0.228 e. The van der Waals surface area contributed by atoms with Gasteiger partial charge in [-0.1, -0.05) is 12.1 Å². The molecule has 5 rings (SSSR count). The molecule has 0 saturated heterocycles. The molecule has 0 spiro atoms. The van der Waals surface area contributed by atoms with E-state index in [1.54, 1.807) is 50.0 Å². The van der Waals surface area contributed by atoms with Gasteiger partial charge in [-0.2, -0.15) is 0 Å². The number of para-hydroxylation sites is 2. The van der Waals surface area contributed by atoms with E-state index in [-0.39, 0.29) is 5.78 Å². The summed E-state index contributed by atoms with van der Waals surface area (Å²) in [6, 6.07) is 20.2. The summed E-state index contributed by atoms with van der Waals surface area (Å²) in [4.78, 5) is 26.0. The molecule has 33 heavy (non-hydrogen) atoms. The van der Waals surface area contributed by atoms with E-state index in [4.69, 9.17) is 9.47 Å². The molecule has 162 valence electrons. The molecule has 3 heterocycles. The Morgan fingerprint density at radius 3 is 2.52 bits per heavy atom. The number of hydrogen-bond donors (Lipinski definition) is 0. The van der Waals surface area contributed by atoms with Crippen molar-refractivity contribution in [2.45, 2.75) is 0 Å². The fraction of sp³-hybridized carbons (Fsp3) is 0.0769. The number of ether oxygens (including phenoxy) is 2. The minimum absolute atomic E-state index is 0.153. The van der Waals surface area contributed by atoms with Crippen molar-refractivity contribution >= 4 is 16.8 Å². The second kappa shape index (κ2) is 8.55. The van der Waals surface area contributed by atoms with Crippen molar-refractivity contribution in [2.75, 3.05) is 7.11 Å². The van der Waals surface area contributed by atoms with Gasteiger partial charge < -0.3 is 14.0 Å². The van der Waals surface area contributed by atoms with Gasteiger partial charge in [0, 0.05) is 36.1 Å². The monoisotopic (exact) mass is 436 g/mol. The van der Waals surface area contributed by atoms with Gasteiger partial charge in [-0.25, -0.2) is 9.97 Å². The van der Waals surface area contributed by atoms with Crippen LogP contribution in [0.25, 0.3) is 22.2 Å². The molecule has 0 radical (unpaired) electrons. The predicted octanol–water partition coefficient (Wildman–Crippen LogP) is 5.06. The van der Waals surface area contributed by atoms with Crippen LogP contribution in [0.3, 0.4) is 0 Å². The fourth-order valence-corrected chi connectivity index (χ4v) is 3.71. The lowest BCUT2D eigenvalue weighted by Gasteiger charge is -2.12. The predicted molar refractivity (Wildman–Crippen MR) is 125 cm³/mol. The van der Waals surface area contributed by atoms with Gasteiger partial charge in [0.25, 0.3) is 0 Å². The minimum atomic E-state index is -0.153. The molecule has 0 atom stereocenters. The van der Waals surface area contributed by atoms with Crippen LogP contribution >= 0.6 is 0 Å². The highest BCUT2D eigenvalue weighted by Gasteiger charge is 2.18. The van der Waals surface area contributed by atoms with Crippen LogP contribution in [0.1, 0.15) is 16.2 Å². The van der Waals surface area contributed by atoms with Crippen LogP contribution in [0.4, 0.5) is 0 Å². The highest BCUT2D eigenvalue weighted by Crippen LogP contribution is 2.36. The second-order valence-electron chi connectivity index (χ2n) is 7.37. The SMILES string of the molecule is COc1cnccc1-c1cccnc1Oc1ccc(C(=O)c2nc3ccccc3n2C)cc1. The Bertz CT molecular complexity index is 1460. The average molecular weight is 436 g/mol. The zero-order valence-electron chi connectivity index (χ0n) is 18.1. The zero-order valence-corrected chi connectivity index (χ0v) is 18.1.